The van der Waals surface area contributed by atoms with Crippen molar-refractivity contribution in [2.45, 2.75) is 414 Å². The Kier molecular flexibility index (Phi) is 66.2. The van der Waals surface area contributed by atoms with Gasteiger partial charge in [-0.2, -0.15) is 0 Å². The summed E-state index contributed by atoms with van der Waals surface area (Å²) in [5.41, 5.74) is 0. The maximum Gasteiger partial charge on any atom is 0.472 e. The maximum absolute atomic E-state index is 13.1. The zero-order chi connectivity index (χ0) is 70.9. The molecule has 0 saturated carbocycles. The van der Waals surface area contributed by atoms with Crippen molar-refractivity contribution in [3.63, 3.8) is 0 Å². The first kappa shape index (κ1) is 94.1. The van der Waals surface area contributed by atoms with Crippen LogP contribution in [0.15, 0.2) is 0 Å². The number of esters is 4. The second-order valence-corrected chi connectivity index (χ2v) is 32.1. The molecule has 3 N–H and O–H groups in total. The highest BCUT2D eigenvalue weighted by molar-refractivity contribution is 7.47. The Hall–Kier alpha value is -1.94. The van der Waals surface area contributed by atoms with Gasteiger partial charge in [-0.3, -0.25) is 37.3 Å². The van der Waals surface area contributed by atoms with Crippen LogP contribution in [-0.4, -0.2) is 96.7 Å². The first-order valence-electron chi connectivity index (χ1n) is 39.8. The van der Waals surface area contributed by atoms with Gasteiger partial charge in [0.1, 0.15) is 19.3 Å². The molecule has 96 heavy (non-hydrogen) atoms. The summed E-state index contributed by atoms with van der Waals surface area (Å²) in [6.07, 6.45) is 54.1. The Morgan fingerprint density at radius 2 is 0.479 bits per heavy atom. The SMILES string of the molecule is CCCCCCCCCCCCCCCCCCCC(=O)O[C@H](COC(=O)CCCCCCCCCCCCCCCC(C)C)COP(=O)(O)OC[C@@H](O)COP(=O)(O)OC[C@@H](COC(=O)CCCCCCCCCCC(C)C)OC(=O)CCCCCCCCCCCC(C)C. The van der Waals surface area contributed by atoms with Gasteiger partial charge in [-0.05, 0) is 43.4 Å². The van der Waals surface area contributed by atoms with E-state index in [2.05, 4.69) is 48.5 Å². The Morgan fingerprint density at radius 1 is 0.281 bits per heavy atom. The zero-order valence-electron chi connectivity index (χ0n) is 62.8. The van der Waals surface area contributed by atoms with Crippen LogP contribution < -0.4 is 0 Å². The molecule has 19 heteroatoms. The third kappa shape index (κ3) is 70.5. The van der Waals surface area contributed by atoms with Gasteiger partial charge in [-0.1, -0.05) is 344 Å². The minimum absolute atomic E-state index is 0.105. The van der Waals surface area contributed by atoms with Crippen LogP contribution in [0, 0.1) is 17.8 Å². The Bertz CT molecular complexity index is 1870. The Morgan fingerprint density at radius 3 is 0.708 bits per heavy atom. The van der Waals surface area contributed by atoms with Crippen molar-refractivity contribution in [1.29, 1.82) is 0 Å². The summed E-state index contributed by atoms with van der Waals surface area (Å²) in [6, 6.07) is 0. The lowest BCUT2D eigenvalue weighted by Crippen LogP contribution is -2.30. The smallest absolute Gasteiger partial charge is 0.462 e. The molecule has 0 bridgehead atoms. The van der Waals surface area contributed by atoms with Crippen molar-refractivity contribution >= 4 is 39.5 Å². The van der Waals surface area contributed by atoms with E-state index in [1.165, 1.54) is 205 Å². The van der Waals surface area contributed by atoms with E-state index in [9.17, 15) is 43.2 Å². The highest BCUT2D eigenvalue weighted by atomic mass is 31.2. The van der Waals surface area contributed by atoms with Crippen molar-refractivity contribution in [3.05, 3.63) is 0 Å². The predicted molar refractivity (Wildman–Crippen MR) is 391 cm³/mol. The van der Waals surface area contributed by atoms with Crippen molar-refractivity contribution in [3.8, 4) is 0 Å². The second kappa shape index (κ2) is 67.5. The molecule has 0 amide bonds. The number of unbranched alkanes of at least 4 members (excludes halogenated alkanes) is 43. The molecule has 0 aliphatic heterocycles. The van der Waals surface area contributed by atoms with E-state index in [1.54, 1.807) is 0 Å². The fourth-order valence-electron chi connectivity index (χ4n) is 11.8. The van der Waals surface area contributed by atoms with Gasteiger partial charge in [0.05, 0.1) is 26.4 Å². The minimum atomic E-state index is -4.96. The highest BCUT2D eigenvalue weighted by Gasteiger charge is 2.30. The lowest BCUT2D eigenvalue weighted by molar-refractivity contribution is -0.161. The molecule has 0 spiro atoms. The van der Waals surface area contributed by atoms with E-state index < -0.39 is 97.5 Å². The molecule has 2 unspecified atom stereocenters. The number of hydrogen-bond donors (Lipinski definition) is 3. The largest absolute Gasteiger partial charge is 0.472 e. The molecule has 0 fully saturated rings. The lowest BCUT2D eigenvalue weighted by atomic mass is 10.0. The first-order valence-corrected chi connectivity index (χ1v) is 42.8. The summed E-state index contributed by atoms with van der Waals surface area (Å²) in [6.45, 7) is 11.9. The Balaban J connectivity index is 5.25. The molecule has 0 aliphatic carbocycles. The quantitative estimate of drug-likeness (QED) is 0.0222. The zero-order valence-corrected chi connectivity index (χ0v) is 64.6. The number of phosphoric ester groups is 2. The van der Waals surface area contributed by atoms with E-state index in [-0.39, 0.29) is 25.7 Å². The number of rotatable bonds is 75. The van der Waals surface area contributed by atoms with Crippen LogP contribution in [0.1, 0.15) is 395 Å². The van der Waals surface area contributed by atoms with Crippen molar-refractivity contribution in [2.24, 2.45) is 17.8 Å². The van der Waals surface area contributed by atoms with E-state index in [1.807, 2.05) is 0 Å². The summed E-state index contributed by atoms with van der Waals surface area (Å²) in [5, 5.41) is 10.6. The number of aliphatic hydroxyl groups is 1. The Labute approximate surface area is 588 Å². The van der Waals surface area contributed by atoms with Crippen LogP contribution >= 0.6 is 15.6 Å². The molecule has 0 aromatic heterocycles. The van der Waals surface area contributed by atoms with Gasteiger partial charge in [-0.25, -0.2) is 9.13 Å². The molecule has 0 aromatic rings. The summed E-state index contributed by atoms with van der Waals surface area (Å²) in [7, 11) is -9.91. The molecule has 0 rings (SSSR count). The summed E-state index contributed by atoms with van der Waals surface area (Å²) >= 11 is 0. The van der Waals surface area contributed by atoms with Gasteiger partial charge >= 0.3 is 39.5 Å². The van der Waals surface area contributed by atoms with Gasteiger partial charge in [0.25, 0.3) is 0 Å². The molecular formula is C77H150O17P2. The van der Waals surface area contributed by atoms with Crippen LogP contribution in [-0.2, 0) is 65.4 Å². The second-order valence-electron chi connectivity index (χ2n) is 29.2. The van der Waals surface area contributed by atoms with E-state index >= 15 is 0 Å². The fraction of sp³-hybridized carbons (Fsp3) is 0.948. The van der Waals surface area contributed by atoms with Crippen LogP contribution in [0.4, 0.5) is 0 Å². The normalized spacial score (nSPS) is 14.1. The predicted octanol–water partition coefficient (Wildman–Crippen LogP) is 22.6. The van der Waals surface area contributed by atoms with Crippen LogP contribution in [0.5, 0.6) is 0 Å². The van der Waals surface area contributed by atoms with Gasteiger partial charge in [0, 0.05) is 25.7 Å². The first-order chi connectivity index (χ1) is 46.2. The van der Waals surface area contributed by atoms with E-state index in [0.717, 1.165) is 108 Å². The minimum Gasteiger partial charge on any atom is -0.462 e. The average molecular weight is 1410 g/mol. The van der Waals surface area contributed by atoms with E-state index in [4.69, 9.17) is 37.0 Å². The van der Waals surface area contributed by atoms with Crippen molar-refractivity contribution in [2.75, 3.05) is 39.6 Å². The van der Waals surface area contributed by atoms with Gasteiger partial charge < -0.3 is 33.8 Å². The molecule has 5 atom stereocenters. The standard InChI is InChI=1S/C77H150O17P2/c1-8-9-10-11-12-13-14-15-16-17-18-21-25-30-39-46-53-60-76(81)93-72(64-87-74(79)58-51-44-37-29-24-22-19-20-23-27-34-41-48-55-68(2)3)66-91-95(83,84)89-62-71(78)63-90-96(85,86)92-67-73(65-88-75(80)59-52-45-38-33-32-36-43-50-57-70(6)7)94-77(82)61-54-47-40-31-26-28-35-42-49-56-69(4)5/h68-73,78H,8-67H2,1-7H3,(H,83,84)(H,85,86)/t71-,72-,73-/m1/s1. The van der Waals surface area contributed by atoms with Crippen molar-refractivity contribution < 1.29 is 80.2 Å². The number of phosphoric acid groups is 2. The molecule has 0 aromatic carbocycles. The summed E-state index contributed by atoms with van der Waals surface area (Å²) < 4.78 is 68.6. The number of carbonyl (C=O) groups is 4. The number of aliphatic hydroxyl groups excluding tert-OH is 1. The maximum atomic E-state index is 13.1. The molecule has 570 valence electrons. The fourth-order valence-corrected chi connectivity index (χ4v) is 13.4. The third-order valence-corrected chi connectivity index (χ3v) is 19.8. The van der Waals surface area contributed by atoms with E-state index in [0.29, 0.717) is 25.7 Å². The van der Waals surface area contributed by atoms with Crippen LogP contribution in [0.2, 0.25) is 0 Å². The molecule has 0 heterocycles. The summed E-state index contributed by atoms with van der Waals surface area (Å²) in [4.78, 5) is 72.9. The molecule has 0 radical (unpaired) electrons. The third-order valence-electron chi connectivity index (χ3n) is 17.9. The van der Waals surface area contributed by atoms with Gasteiger partial charge in [0.2, 0.25) is 0 Å². The molecule has 17 nitrogen and oxygen atoms in total. The summed E-state index contributed by atoms with van der Waals surface area (Å²) in [5.74, 6) is 0.137. The molecule has 0 saturated heterocycles. The van der Waals surface area contributed by atoms with Gasteiger partial charge in [0.15, 0.2) is 12.2 Å². The van der Waals surface area contributed by atoms with Crippen molar-refractivity contribution in [1.82, 2.24) is 0 Å². The van der Waals surface area contributed by atoms with Crippen LogP contribution in [0.25, 0.3) is 0 Å². The number of ether oxygens (including phenoxy) is 4. The number of carbonyl (C=O) groups excluding carboxylic acids is 4. The molecule has 0 aliphatic rings. The highest BCUT2D eigenvalue weighted by Crippen LogP contribution is 2.45. The monoisotopic (exact) mass is 1410 g/mol. The molecular weight excluding hydrogens is 1260 g/mol. The lowest BCUT2D eigenvalue weighted by Gasteiger charge is -2.21. The van der Waals surface area contributed by atoms with Gasteiger partial charge in [-0.15, -0.1) is 0 Å². The topological polar surface area (TPSA) is 237 Å². The number of hydrogen-bond acceptors (Lipinski definition) is 15. The average Bonchev–Trinajstić information content (AvgIpc) is 1.10. The van der Waals surface area contributed by atoms with Crippen LogP contribution in [0.3, 0.4) is 0 Å².